The van der Waals surface area contributed by atoms with Crippen LogP contribution >= 0.6 is 0 Å². The second-order valence-electron chi connectivity index (χ2n) is 7.45. The van der Waals surface area contributed by atoms with Gasteiger partial charge < -0.3 is 9.47 Å². The van der Waals surface area contributed by atoms with Crippen molar-refractivity contribution in [3.05, 3.63) is 120 Å². The fraction of sp³-hybridized carbons (Fsp3) is 0.111. The largest absolute Gasteiger partial charge is 0.452 e. The van der Waals surface area contributed by atoms with Crippen LogP contribution in [0.2, 0.25) is 0 Å². The van der Waals surface area contributed by atoms with E-state index in [1.54, 1.807) is 0 Å². The highest BCUT2D eigenvalue weighted by atomic mass is 16.7. The highest BCUT2D eigenvalue weighted by Crippen LogP contribution is 2.50. The summed E-state index contributed by atoms with van der Waals surface area (Å²) in [7, 11) is 0. The molecule has 0 aromatic heterocycles. The second-order valence-corrected chi connectivity index (χ2v) is 7.45. The van der Waals surface area contributed by atoms with Crippen LogP contribution in [0.1, 0.15) is 24.0 Å². The number of hydrogen-bond acceptors (Lipinski definition) is 2. The fourth-order valence-electron chi connectivity index (χ4n) is 4.30. The Hall–Kier alpha value is -3.52. The van der Waals surface area contributed by atoms with Crippen LogP contribution < -0.4 is 9.47 Å². The third-order valence-electron chi connectivity index (χ3n) is 5.49. The summed E-state index contributed by atoms with van der Waals surface area (Å²) >= 11 is 0. The average molecular weight is 378 g/mol. The van der Waals surface area contributed by atoms with Gasteiger partial charge >= 0.3 is 0 Å². The van der Waals surface area contributed by atoms with E-state index in [1.807, 2.05) is 67.6 Å². The lowest BCUT2D eigenvalue weighted by Gasteiger charge is -2.37. The van der Waals surface area contributed by atoms with Crippen molar-refractivity contribution in [2.45, 2.75) is 18.6 Å². The van der Waals surface area contributed by atoms with Crippen LogP contribution in [-0.4, -0.2) is 5.79 Å². The maximum atomic E-state index is 6.58. The molecule has 5 rings (SSSR count). The second kappa shape index (κ2) is 7.14. The van der Waals surface area contributed by atoms with Gasteiger partial charge in [-0.3, -0.25) is 0 Å². The van der Waals surface area contributed by atoms with Crippen molar-refractivity contribution in [1.29, 1.82) is 0 Å². The van der Waals surface area contributed by atoms with Crippen LogP contribution in [-0.2, 0) is 0 Å². The molecular formula is C27H22O2. The number of hydrogen-bond donors (Lipinski definition) is 0. The molecule has 0 N–H and O–H groups in total. The van der Waals surface area contributed by atoms with E-state index in [2.05, 4.69) is 48.5 Å². The van der Waals surface area contributed by atoms with Crippen LogP contribution in [0.3, 0.4) is 0 Å². The molecule has 0 saturated carbocycles. The SMILES string of the molecule is CC(Oc1ccccc1)(Oc1ccccc1)C1c2ccccc2-c2ccccc21. The van der Waals surface area contributed by atoms with Crippen molar-refractivity contribution in [2.75, 3.05) is 0 Å². The molecule has 1 aliphatic rings. The predicted octanol–water partition coefficient (Wildman–Crippen LogP) is 6.67. The number of fused-ring (bicyclic) bond motifs is 3. The summed E-state index contributed by atoms with van der Waals surface area (Å²) in [5.41, 5.74) is 4.94. The van der Waals surface area contributed by atoms with Gasteiger partial charge in [-0.15, -0.1) is 0 Å². The van der Waals surface area contributed by atoms with Gasteiger partial charge in [-0.25, -0.2) is 0 Å². The van der Waals surface area contributed by atoms with Crippen LogP contribution in [0.25, 0.3) is 11.1 Å². The van der Waals surface area contributed by atoms with Crippen molar-refractivity contribution in [1.82, 2.24) is 0 Å². The standard InChI is InChI=1S/C27H22O2/c1-27(28-20-12-4-2-5-13-20,29-21-14-6-3-7-15-21)26-24-18-10-8-16-22(24)23-17-9-11-19-25(23)26/h2-19,26H,1H3. The lowest BCUT2D eigenvalue weighted by molar-refractivity contribution is -0.109. The molecule has 142 valence electrons. The summed E-state index contributed by atoms with van der Waals surface area (Å²) < 4.78 is 13.2. The molecule has 4 aromatic carbocycles. The highest BCUT2D eigenvalue weighted by molar-refractivity contribution is 5.79. The minimum atomic E-state index is -0.925. The third kappa shape index (κ3) is 3.17. The summed E-state index contributed by atoms with van der Waals surface area (Å²) in [5, 5.41) is 0. The molecular weight excluding hydrogens is 356 g/mol. The van der Waals surface area contributed by atoms with Crippen LogP contribution in [0.5, 0.6) is 11.5 Å². The molecule has 2 heteroatoms. The molecule has 1 aliphatic carbocycles. The first-order chi connectivity index (χ1) is 14.2. The predicted molar refractivity (Wildman–Crippen MR) is 116 cm³/mol. The van der Waals surface area contributed by atoms with Gasteiger partial charge in [0.05, 0.1) is 5.92 Å². The average Bonchev–Trinajstić information content (AvgIpc) is 3.10. The Balaban J connectivity index is 1.66. The summed E-state index contributed by atoms with van der Waals surface area (Å²) in [6, 6.07) is 36.9. The quantitative estimate of drug-likeness (QED) is 0.361. The Morgan fingerprint density at radius 2 is 0.897 bits per heavy atom. The molecule has 0 fully saturated rings. The Labute approximate surface area is 171 Å². The topological polar surface area (TPSA) is 18.5 Å². The first kappa shape index (κ1) is 17.6. The van der Waals surface area contributed by atoms with E-state index in [-0.39, 0.29) is 5.92 Å². The molecule has 0 heterocycles. The first-order valence-corrected chi connectivity index (χ1v) is 9.91. The van der Waals surface area contributed by atoms with E-state index < -0.39 is 5.79 Å². The maximum absolute atomic E-state index is 6.58. The molecule has 0 spiro atoms. The van der Waals surface area contributed by atoms with Crippen molar-refractivity contribution in [3.63, 3.8) is 0 Å². The maximum Gasteiger partial charge on any atom is 0.259 e. The van der Waals surface area contributed by atoms with Crippen molar-refractivity contribution < 1.29 is 9.47 Å². The zero-order valence-electron chi connectivity index (χ0n) is 16.3. The van der Waals surface area contributed by atoms with Gasteiger partial charge in [0.2, 0.25) is 0 Å². The summed E-state index contributed by atoms with van der Waals surface area (Å²) in [6.45, 7) is 2.04. The minimum absolute atomic E-state index is 0.0599. The lowest BCUT2D eigenvalue weighted by atomic mass is 9.89. The Morgan fingerprint density at radius 1 is 0.517 bits per heavy atom. The number of benzene rings is 4. The Kier molecular flexibility index (Phi) is 4.33. The van der Waals surface area contributed by atoms with Gasteiger partial charge in [0, 0.05) is 6.92 Å². The zero-order chi connectivity index (χ0) is 19.7. The molecule has 0 aliphatic heterocycles. The first-order valence-electron chi connectivity index (χ1n) is 9.91. The third-order valence-corrected chi connectivity index (χ3v) is 5.49. The molecule has 0 unspecified atom stereocenters. The van der Waals surface area contributed by atoms with E-state index in [0.717, 1.165) is 11.5 Å². The summed E-state index contributed by atoms with van der Waals surface area (Å²) in [6.07, 6.45) is 0. The smallest absolute Gasteiger partial charge is 0.259 e. The van der Waals surface area contributed by atoms with Crippen molar-refractivity contribution in [2.24, 2.45) is 0 Å². The van der Waals surface area contributed by atoms with Gasteiger partial charge in [-0.05, 0) is 46.5 Å². The van der Waals surface area contributed by atoms with E-state index in [9.17, 15) is 0 Å². The molecule has 0 atom stereocenters. The molecule has 29 heavy (non-hydrogen) atoms. The Morgan fingerprint density at radius 3 is 1.34 bits per heavy atom. The normalized spacial score (nSPS) is 12.9. The summed E-state index contributed by atoms with van der Waals surface area (Å²) in [5.74, 6) is 0.585. The van der Waals surface area contributed by atoms with E-state index in [4.69, 9.17) is 9.47 Å². The number of ether oxygens (including phenoxy) is 2. The van der Waals surface area contributed by atoms with Gasteiger partial charge in [0.15, 0.2) is 0 Å². The van der Waals surface area contributed by atoms with E-state index >= 15 is 0 Å². The molecule has 2 nitrogen and oxygen atoms in total. The lowest BCUT2D eigenvalue weighted by Crippen LogP contribution is -2.45. The van der Waals surface area contributed by atoms with Crippen molar-refractivity contribution in [3.8, 4) is 22.6 Å². The van der Waals surface area contributed by atoms with Crippen LogP contribution in [0, 0.1) is 0 Å². The van der Waals surface area contributed by atoms with E-state index in [0.29, 0.717) is 0 Å². The monoisotopic (exact) mass is 378 g/mol. The number of para-hydroxylation sites is 2. The van der Waals surface area contributed by atoms with E-state index in [1.165, 1.54) is 22.3 Å². The molecule has 0 amide bonds. The molecule has 0 bridgehead atoms. The van der Waals surface area contributed by atoms with Gasteiger partial charge in [0.25, 0.3) is 5.79 Å². The van der Waals surface area contributed by atoms with Crippen molar-refractivity contribution >= 4 is 0 Å². The highest BCUT2D eigenvalue weighted by Gasteiger charge is 2.46. The molecule has 4 aromatic rings. The fourth-order valence-corrected chi connectivity index (χ4v) is 4.30. The van der Waals surface area contributed by atoms with Crippen LogP contribution in [0.4, 0.5) is 0 Å². The van der Waals surface area contributed by atoms with Crippen LogP contribution in [0.15, 0.2) is 109 Å². The zero-order valence-corrected chi connectivity index (χ0v) is 16.3. The molecule has 0 radical (unpaired) electrons. The van der Waals surface area contributed by atoms with Gasteiger partial charge in [0.1, 0.15) is 11.5 Å². The molecule has 0 saturated heterocycles. The van der Waals surface area contributed by atoms with Gasteiger partial charge in [-0.1, -0.05) is 84.9 Å². The Bertz CT molecular complexity index is 1030. The minimum Gasteiger partial charge on any atom is -0.452 e. The number of rotatable bonds is 5. The van der Waals surface area contributed by atoms with Gasteiger partial charge in [-0.2, -0.15) is 0 Å². The summed E-state index contributed by atoms with van der Waals surface area (Å²) in [4.78, 5) is 0.